The van der Waals surface area contributed by atoms with Crippen LogP contribution in [0.3, 0.4) is 0 Å². The van der Waals surface area contributed by atoms with Gasteiger partial charge in [0.05, 0.1) is 19.3 Å². The second-order valence-corrected chi connectivity index (χ2v) is 8.51. The SMILES string of the molecule is O=C(Nc1cn2nc(Sc3nnc4ccc(-c5nnn(CCO)n5)cn34)ccc2n1)C1CC1. The van der Waals surface area contributed by atoms with Crippen molar-refractivity contribution in [3.8, 4) is 11.4 Å². The Labute approximate surface area is 189 Å². The molecular formula is C19H17N11O2S. The first-order valence-corrected chi connectivity index (χ1v) is 11.1. The zero-order valence-electron chi connectivity index (χ0n) is 17.1. The molecule has 14 heteroatoms. The highest BCUT2D eigenvalue weighted by molar-refractivity contribution is 7.99. The average Bonchev–Trinajstić information content (AvgIpc) is 3.25. The molecule has 5 aromatic heterocycles. The van der Waals surface area contributed by atoms with Gasteiger partial charge in [0.2, 0.25) is 16.9 Å². The lowest BCUT2D eigenvalue weighted by Gasteiger charge is -2.02. The summed E-state index contributed by atoms with van der Waals surface area (Å²) < 4.78 is 3.46. The molecular weight excluding hydrogens is 446 g/mol. The van der Waals surface area contributed by atoms with E-state index in [-0.39, 0.29) is 25.0 Å². The third kappa shape index (κ3) is 3.89. The first-order valence-electron chi connectivity index (χ1n) is 10.3. The second-order valence-electron chi connectivity index (χ2n) is 7.53. The lowest BCUT2D eigenvalue weighted by atomic mass is 10.3. The van der Waals surface area contributed by atoms with E-state index in [9.17, 15) is 4.79 Å². The van der Waals surface area contributed by atoms with Crippen LogP contribution in [0.2, 0.25) is 0 Å². The fourth-order valence-corrected chi connectivity index (χ4v) is 4.04. The Kier molecular flexibility index (Phi) is 4.73. The number of nitrogens with one attached hydrogen (secondary N) is 1. The zero-order chi connectivity index (χ0) is 22.4. The standard InChI is InChI=1S/C19H17N11O2S/c31-8-7-30-26-17(23-27-30)12-3-4-15-22-24-19(28(15)9-12)33-16-6-5-14-20-13(10-29(14)25-16)21-18(32)11-1-2-11/h3-6,9-11,31H,1-2,7-8H2,(H,21,32). The van der Waals surface area contributed by atoms with Crippen molar-refractivity contribution < 1.29 is 9.90 Å². The van der Waals surface area contributed by atoms with Gasteiger partial charge in [0.15, 0.2) is 17.1 Å². The molecule has 0 aromatic carbocycles. The molecule has 1 amide bonds. The summed E-state index contributed by atoms with van der Waals surface area (Å²) >= 11 is 1.34. The number of carbonyl (C=O) groups is 1. The summed E-state index contributed by atoms with van der Waals surface area (Å²) in [7, 11) is 0. The smallest absolute Gasteiger partial charge is 0.228 e. The molecule has 0 radical (unpaired) electrons. The normalized spacial score (nSPS) is 13.7. The van der Waals surface area contributed by atoms with Crippen LogP contribution in [0, 0.1) is 5.92 Å². The fourth-order valence-electron chi connectivity index (χ4n) is 3.26. The highest BCUT2D eigenvalue weighted by atomic mass is 32.2. The van der Waals surface area contributed by atoms with Gasteiger partial charge in [0.25, 0.3) is 0 Å². The minimum Gasteiger partial charge on any atom is -0.394 e. The minimum absolute atomic E-state index is 0.00428. The Morgan fingerprint density at radius 3 is 2.82 bits per heavy atom. The van der Waals surface area contributed by atoms with Gasteiger partial charge < -0.3 is 10.4 Å². The fraction of sp³-hybridized carbons (Fsp3) is 0.263. The monoisotopic (exact) mass is 463 g/mol. The number of anilines is 1. The Hall–Kier alpha value is -3.91. The summed E-state index contributed by atoms with van der Waals surface area (Å²) in [6, 6.07) is 7.33. The van der Waals surface area contributed by atoms with Crippen molar-refractivity contribution >= 4 is 34.8 Å². The molecule has 2 N–H and O–H groups in total. The van der Waals surface area contributed by atoms with Crippen LogP contribution in [0.25, 0.3) is 22.7 Å². The number of hydrogen-bond donors (Lipinski definition) is 2. The lowest BCUT2D eigenvalue weighted by Crippen LogP contribution is -2.13. The summed E-state index contributed by atoms with van der Waals surface area (Å²) in [4.78, 5) is 17.7. The first kappa shape index (κ1) is 19.8. The van der Waals surface area contributed by atoms with Crippen LogP contribution in [0.4, 0.5) is 5.82 Å². The number of tetrazole rings is 1. The topological polar surface area (TPSA) is 153 Å². The predicted molar refractivity (Wildman–Crippen MR) is 115 cm³/mol. The highest BCUT2D eigenvalue weighted by Gasteiger charge is 2.30. The van der Waals surface area contributed by atoms with Gasteiger partial charge in [-0.1, -0.05) is 0 Å². The van der Waals surface area contributed by atoms with Crippen molar-refractivity contribution in [1.82, 2.24) is 49.4 Å². The molecule has 166 valence electrons. The van der Waals surface area contributed by atoms with E-state index in [2.05, 4.69) is 41.0 Å². The molecule has 1 aliphatic rings. The molecule has 0 atom stereocenters. The largest absolute Gasteiger partial charge is 0.394 e. The van der Waals surface area contributed by atoms with Gasteiger partial charge in [0.1, 0.15) is 5.03 Å². The van der Waals surface area contributed by atoms with Crippen LogP contribution in [0.1, 0.15) is 12.8 Å². The number of imidazole rings is 1. The highest BCUT2D eigenvalue weighted by Crippen LogP contribution is 2.30. The summed E-state index contributed by atoms with van der Waals surface area (Å²) in [6.45, 7) is 0.209. The first-order chi connectivity index (χ1) is 16.2. The molecule has 6 rings (SSSR count). The van der Waals surface area contributed by atoms with Gasteiger partial charge in [-0.25, -0.2) is 9.50 Å². The molecule has 33 heavy (non-hydrogen) atoms. The number of nitrogens with zero attached hydrogens (tertiary/aromatic N) is 10. The molecule has 0 bridgehead atoms. The Bertz CT molecular complexity index is 1490. The number of fused-ring (bicyclic) bond motifs is 2. The van der Waals surface area contributed by atoms with Crippen molar-refractivity contribution in [2.24, 2.45) is 5.92 Å². The molecule has 5 aromatic rings. The van der Waals surface area contributed by atoms with E-state index in [1.807, 2.05) is 34.9 Å². The molecule has 1 fully saturated rings. The van der Waals surface area contributed by atoms with Crippen molar-refractivity contribution in [2.75, 3.05) is 11.9 Å². The van der Waals surface area contributed by atoms with Gasteiger partial charge in [-0.2, -0.15) is 9.90 Å². The minimum atomic E-state index is -0.0658. The van der Waals surface area contributed by atoms with E-state index in [4.69, 9.17) is 5.11 Å². The zero-order valence-corrected chi connectivity index (χ0v) is 17.9. The molecule has 1 saturated carbocycles. The molecule has 0 aliphatic heterocycles. The predicted octanol–water partition coefficient (Wildman–Crippen LogP) is 0.917. The lowest BCUT2D eigenvalue weighted by molar-refractivity contribution is -0.117. The number of amides is 1. The number of aliphatic hydroxyl groups is 1. The maximum atomic E-state index is 12.0. The third-order valence-corrected chi connectivity index (χ3v) is 5.96. The van der Waals surface area contributed by atoms with E-state index in [0.29, 0.717) is 33.1 Å². The number of pyridine rings is 1. The van der Waals surface area contributed by atoms with Crippen LogP contribution in [0.5, 0.6) is 0 Å². The number of aromatic nitrogens is 10. The van der Waals surface area contributed by atoms with Crippen LogP contribution >= 0.6 is 11.8 Å². The van der Waals surface area contributed by atoms with Gasteiger partial charge in [-0.3, -0.25) is 9.20 Å². The summed E-state index contributed by atoms with van der Waals surface area (Å²) in [5.74, 6) is 1.04. The van der Waals surface area contributed by atoms with Gasteiger partial charge in [-0.15, -0.1) is 20.4 Å². The van der Waals surface area contributed by atoms with Crippen molar-refractivity contribution in [3.63, 3.8) is 0 Å². The van der Waals surface area contributed by atoms with Gasteiger partial charge >= 0.3 is 0 Å². The van der Waals surface area contributed by atoms with Crippen LogP contribution < -0.4 is 5.32 Å². The number of carbonyl (C=O) groups excluding carboxylic acids is 1. The van der Waals surface area contributed by atoms with Crippen molar-refractivity contribution in [1.29, 1.82) is 0 Å². The Balaban J connectivity index is 1.26. The Morgan fingerprint density at radius 2 is 1.97 bits per heavy atom. The quantitative estimate of drug-likeness (QED) is 0.356. The van der Waals surface area contributed by atoms with E-state index in [1.54, 1.807) is 10.7 Å². The maximum absolute atomic E-state index is 12.0. The van der Waals surface area contributed by atoms with E-state index in [0.717, 1.165) is 18.4 Å². The molecule has 13 nitrogen and oxygen atoms in total. The molecule has 0 unspecified atom stereocenters. The van der Waals surface area contributed by atoms with E-state index in [1.165, 1.54) is 16.6 Å². The number of rotatable bonds is 7. The van der Waals surface area contributed by atoms with Crippen LogP contribution in [0.15, 0.2) is 46.8 Å². The Morgan fingerprint density at radius 1 is 1.09 bits per heavy atom. The van der Waals surface area contributed by atoms with Crippen LogP contribution in [-0.2, 0) is 11.3 Å². The molecule has 0 saturated heterocycles. The second kappa shape index (κ2) is 7.90. The molecule has 0 spiro atoms. The van der Waals surface area contributed by atoms with Crippen LogP contribution in [-0.4, -0.2) is 67.0 Å². The van der Waals surface area contributed by atoms with E-state index >= 15 is 0 Å². The van der Waals surface area contributed by atoms with Crippen molar-refractivity contribution in [2.45, 2.75) is 29.6 Å². The van der Waals surface area contributed by atoms with Crippen molar-refractivity contribution in [3.05, 3.63) is 36.7 Å². The number of hydrogen-bond acceptors (Lipinski definition) is 10. The van der Waals surface area contributed by atoms with Gasteiger partial charge in [-0.05, 0) is 54.1 Å². The molecule has 5 heterocycles. The summed E-state index contributed by atoms with van der Waals surface area (Å²) in [6.07, 6.45) is 5.40. The summed E-state index contributed by atoms with van der Waals surface area (Å²) in [5, 5.41) is 38.5. The number of aliphatic hydroxyl groups excluding tert-OH is 1. The van der Waals surface area contributed by atoms with E-state index < -0.39 is 0 Å². The average molecular weight is 463 g/mol. The summed E-state index contributed by atoms with van der Waals surface area (Å²) in [5.41, 5.74) is 2.04. The maximum Gasteiger partial charge on any atom is 0.228 e. The third-order valence-electron chi connectivity index (χ3n) is 5.07. The van der Waals surface area contributed by atoms with Gasteiger partial charge in [0, 0.05) is 17.7 Å². The molecule has 1 aliphatic carbocycles.